The van der Waals surface area contributed by atoms with E-state index in [1.54, 1.807) is 17.4 Å². The molecule has 0 aliphatic carbocycles. The number of thiophene rings is 1. The summed E-state index contributed by atoms with van der Waals surface area (Å²) in [4.78, 5) is 2.31. The van der Waals surface area contributed by atoms with E-state index < -0.39 is 11.6 Å². The number of piperazine rings is 1. The minimum atomic E-state index is -0.793. The van der Waals surface area contributed by atoms with Crippen LogP contribution in [-0.4, -0.2) is 31.1 Å². The van der Waals surface area contributed by atoms with Gasteiger partial charge < -0.3 is 5.32 Å². The molecule has 3 rings (SSSR count). The van der Waals surface area contributed by atoms with Gasteiger partial charge in [-0.2, -0.15) is 11.3 Å². The SMILES string of the molecule is Fc1ccc([C@@H](c2ccsc2)N2CCNCC2)cc1F. The van der Waals surface area contributed by atoms with Gasteiger partial charge in [-0.15, -0.1) is 0 Å². The molecule has 5 heteroatoms. The number of benzene rings is 1. The van der Waals surface area contributed by atoms with E-state index in [9.17, 15) is 8.78 Å². The fourth-order valence-electron chi connectivity index (χ4n) is 2.67. The van der Waals surface area contributed by atoms with Gasteiger partial charge in [0.2, 0.25) is 0 Å². The second-order valence-electron chi connectivity index (χ2n) is 4.92. The lowest BCUT2D eigenvalue weighted by Crippen LogP contribution is -2.45. The van der Waals surface area contributed by atoms with Crippen LogP contribution in [0.5, 0.6) is 0 Å². The zero-order valence-corrected chi connectivity index (χ0v) is 11.8. The number of nitrogens with zero attached hydrogens (tertiary/aromatic N) is 1. The Morgan fingerprint density at radius 2 is 1.85 bits per heavy atom. The molecule has 1 aliphatic rings. The van der Waals surface area contributed by atoms with E-state index >= 15 is 0 Å². The molecule has 2 heterocycles. The highest BCUT2D eigenvalue weighted by Gasteiger charge is 2.24. The van der Waals surface area contributed by atoms with Crippen LogP contribution in [0.25, 0.3) is 0 Å². The predicted octanol–water partition coefficient (Wildman–Crippen LogP) is 3.02. The first kappa shape index (κ1) is 13.7. The van der Waals surface area contributed by atoms with Gasteiger partial charge in [-0.1, -0.05) is 6.07 Å². The van der Waals surface area contributed by atoms with Crippen molar-refractivity contribution < 1.29 is 8.78 Å². The summed E-state index contributed by atoms with van der Waals surface area (Å²) in [6.45, 7) is 3.65. The highest BCUT2D eigenvalue weighted by atomic mass is 32.1. The molecule has 0 bridgehead atoms. The molecule has 1 atom stereocenters. The van der Waals surface area contributed by atoms with Gasteiger partial charge in [-0.3, -0.25) is 4.90 Å². The summed E-state index contributed by atoms with van der Waals surface area (Å²) in [5, 5.41) is 7.41. The van der Waals surface area contributed by atoms with Crippen molar-refractivity contribution in [2.24, 2.45) is 0 Å². The summed E-state index contributed by atoms with van der Waals surface area (Å²) in [7, 11) is 0. The molecule has 106 valence electrons. The van der Waals surface area contributed by atoms with Crippen LogP contribution in [0.4, 0.5) is 8.78 Å². The minimum absolute atomic E-state index is 0.00144. The summed E-state index contributed by atoms with van der Waals surface area (Å²) < 4.78 is 26.7. The number of hydrogen-bond donors (Lipinski definition) is 1. The lowest BCUT2D eigenvalue weighted by molar-refractivity contribution is 0.198. The smallest absolute Gasteiger partial charge is 0.159 e. The maximum atomic E-state index is 13.5. The zero-order valence-electron chi connectivity index (χ0n) is 11.0. The van der Waals surface area contributed by atoms with Crippen LogP contribution in [-0.2, 0) is 0 Å². The molecule has 0 unspecified atom stereocenters. The van der Waals surface area contributed by atoms with Crippen molar-refractivity contribution >= 4 is 11.3 Å². The first-order chi connectivity index (χ1) is 9.75. The Labute approximate surface area is 121 Å². The molecule has 0 saturated carbocycles. The summed E-state index contributed by atoms with van der Waals surface area (Å²) in [6.07, 6.45) is 0. The Kier molecular flexibility index (Phi) is 4.10. The highest BCUT2D eigenvalue weighted by Crippen LogP contribution is 2.31. The number of nitrogens with one attached hydrogen (secondary N) is 1. The van der Waals surface area contributed by atoms with Gasteiger partial charge in [0, 0.05) is 26.2 Å². The van der Waals surface area contributed by atoms with E-state index in [-0.39, 0.29) is 6.04 Å². The molecule has 1 N–H and O–H groups in total. The molecule has 2 nitrogen and oxygen atoms in total. The van der Waals surface area contributed by atoms with Gasteiger partial charge >= 0.3 is 0 Å². The van der Waals surface area contributed by atoms with Gasteiger partial charge in [0.25, 0.3) is 0 Å². The van der Waals surface area contributed by atoms with Gasteiger partial charge in [0.1, 0.15) is 0 Å². The van der Waals surface area contributed by atoms with Gasteiger partial charge in [0.15, 0.2) is 11.6 Å². The standard InChI is InChI=1S/C15H16F2N2S/c16-13-2-1-11(9-14(13)17)15(12-3-8-20-10-12)19-6-4-18-5-7-19/h1-3,8-10,15,18H,4-7H2/t15-/m0/s1. The molecule has 2 aromatic rings. The first-order valence-corrected chi connectivity index (χ1v) is 7.62. The summed E-state index contributed by atoms with van der Waals surface area (Å²) in [5.74, 6) is -1.57. The molecule has 0 spiro atoms. The second-order valence-corrected chi connectivity index (χ2v) is 5.70. The Balaban J connectivity index is 1.98. The van der Waals surface area contributed by atoms with Crippen molar-refractivity contribution in [1.82, 2.24) is 10.2 Å². The molecule has 1 fully saturated rings. The lowest BCUT2D eigenvalue weighted by atomic mass is 9.98. The van der Waals surface area contributed by atoms with E-state index in [2.05, 4.69) is 21.7 Å². The molecule has 1 aromatic heterocycles. The average molecular weight is 294 g/mol. The van der Waals surface area contributed by atoms with Gasteiger partial charge in [-0.25, -0.2) is 8.78 Å². The van der Waals surface area contributed by atoms with E-state index in [4.69, 9.17) is 0 Å². The third kappa shape index (κ3) is 2.75. The fraction of sp³-hybridized carbons (Fsp3) is 0.333. The largest absolute Gasteiger partial charge is 0.314 e. The van der Waals surface area contributed by atoms with Crippen LogP contribution in [0, 0.1) is 11.6 Å². The summed E-state index contributed by atoms with van der Waals surface area (Å²) >= 11 is 1.62. The van der Waals surface area contributed by atoms with Crippen molar-refractivity contribution in [2.45, 2.75) is 6.04 Å². The predicted molar refractivity (Wildman–Crippen MR) is 77.0 cm³/mol. The van der Waals surface area contributed by atoms with E-state index in [1.165, 1.54) is 12.1 Å². The number of rotatable bonds is 3. The molecular weight excluding hydrogens is 278 g/mol. The third-order valence-corrected chi connectivity index (χ3v) is 4.34. The molecule has 1 aromatic carbocycles. The Morgan fingerprint density at radius 3 is 2.50 bits per heavy atom. The van der Waals surface area contributed by atoms with Gasteiger partial charge in [-0.05, 0) is 40.1 Å². The minimum Gasteiger partial charge on any atom is -0.314 e. The maximum Gasteiger partial charge on any atom is 0.159 e. The van der Waals surface area contributed by atoms with E-state index in [0.29, 0.717) is 0 Å². The average Bonchev–Trinajstić information content (AvgIpc) is 2.98. The molecule has 0 radical (unpaired) electrons. The van der Waals surface area contributed by atoms with Crippen molar-refractivity contribution in [2.75, 3.05) is 26.2 Å². The van der Waals surface area contributed by atoms with Crippen molar-refractivity contribution in [3.8, 4) is 0 Å². The van der Waals surface area contributed by atoms with Crippen LogP contribution in [0.1, 0.15) is 17.2 Å². The summed E-state index contributed by atoms with van der Waals surface area (Å²) in [5.41, 5.74) is 1.95. The highest BCUT2D eigenvalue weighted by molar-refractivity contribution is 7.08. The Morgan fingerprint density at radius 1 is 1.05 bits per heavy atom. The molecule has 20 heavy (non-hydrogen) atoms. The normalized spacial score (nSPS) is 18.1. The van der Waals surface area contributed by atoms with Crippen molar-refractivity contribution in [3.63, 3.8) is 0 Å². The lowest BCUT2D eigenvalue weighted by Gasteiger charge is -2.35. The molecular formula is C15H16F2N2S. The fourth-order valence-corrected chi connectivity index (χ4v) is 3.35. The van der Waals surface area contributed by atoms with Crippen LogP contribution in [0.3, 0.4) is 0 Å². The van der Waals surface area contributed by atoms with Crippen LogP contribution in [0.15, 0.2) is 35.0 Å². The molecule has 1 saturated heterocycles. The van der Waals surface area contributed by atoms with E-state index in [0.717, 1.165) is 37.3 Å². The third-order valence-electron chi connectivity index (χ3n) is 3.64. The second kappa shape index (κ2) is 5.99. The zero-order chi connectivity index (χ0) is 13.9. The molecule has 0 amide bonds. The quantitative estimate of drug-likeness (QED) is 0.936. The monoisotopic (exact) mass is 294 g/mol. The van der Waals surface area contributed by atoms with Gasteiger partial charge in [0.05, 0.1) is 6.04 Å². The Hall–Kier alpha value is -1.30. The maximum absolute atomic E-state index is 13.5. The number of hydrogen-bond acceptors (Lipinski definition) is 3. The molecule has 1 aliphatic heterocycles. The Bertz CT molecular complexity index is 565. The number of halogens is 2. The van der Waals surface area contributed by atoms with Crippen LogP contribution >= 0.6 is 11.3 Å². The first-order valence-electron chi connectivity index (χ1n) is 6.67. The van der Waals surface area contributed by atoms with Crippen LogP contribution < -0.4 is 5.32 Å². The van der Waals surface area contributed by atoms with Crippen molar-refractivity contribution in [1.29, 1.82) is 0 Å². The topological polar surface area (TPSA) is 15.3 Å². The van der Waals surface area contributed by atoms with E-state index in [1.807, 2.05) is 5.38 Å². The summed E-state index contributed by atoms with van der Waals surface area (Å²) in [6, 6.07) is 6.27. The van der Waals surface area contributed by atoms with Crippen LogP contribution in [0.2, 0.25) is 0 Å². The van der Waals surface area contributed by atoms with Crippen molar-refractivity contribution in [3.05, 3.63) is 57.8 Å².